The number of aliphatic hydroxyl groups is 1. The molecule has 198 valence electrons. The fraction of sp³-hybridized carbons (Fsp3) is 0.826. The summed E-state index contributed by atoms with van der Waals surface area (Å²) in [5.74, 6) is -1.55. The summed E-state index contributed by atoms with van der Waals surface area (Å²) in [5.41, 5.74) is -3.27. The van der Waals surface area contributed by atoms with Crippen LogP contribution in [0.15, 0.2) is 0 Å². The van der Waals surface area contributed by atoms with Gasteiger partial charge in [0.05, 0.1) is 25.9 Å². The molecule has 3 fully saturated rings. The normalized spacial score (nSPS) is 32.9. The van der Waals surface area contributed by atoms with Gasteiger partial charge in [0.1, 0.15) is 29.5 Å². The van der Waals surface area contributed by atoms with Crippen molar-refractivity contribution in [3.8, 4) is 0 Å². The van der Waals surface area contributed by atoms with Crippen LogP contribution in [0, 0.1) is 0 Å². The molecule has 0 unspecified atom stereocenters. The van der Waals surface area contributed by atoms with Crippen molar-refractivity contribution in [3.05, 3.63) is 0 Å². The number of fused-ring (bicyclic) bond motifs is 1. The molecule has 0 aromatic carbocycles. The van der Waals surface area contributed by atoms with Gasteiger partial charge in [-0.3, -0.25) is 4.79 Å². The zero-order valence-corrected chi connectivity index (χ0v) is 21.5. The van der Waals surface area contributed by atoms with E-state index >= 15 is 0 Å². The predicted molar refractivity (Wildman–Crippen MR) is 119 cm³/mol. The quantitative estimate of drug-likeness (QED) is 0.434. The number of nitrogens with zero attached hydrogens (tertiary/aromatic N) is 2. The number of amides is 3. The van der Waals surface area contributed by atoms with Gasteiger partial charge < -0.3 is 33.7 Å². The first-order valence-corrected chi connectivity index (χ1v) is 11.6. The molecule has 0 saturated carbocycles. The zero-order valence-electron chi connectivity index (χ0n) is 21.5. The number of carbonyl (C=O) groups is 4. The molecular formula is C23H36N2O10. The Morgan fingerprint density at radius 3 is 2.23 bits per heavy atom. The van der Waals surface area contributed by atoms with Crippen molar-refractivity contribution in [2.24, 2.45) is 0 Å². The van der Waals surface area contributed by atoms with Crippen LogP contribution in [0.4, 0.5) is 9.59 Å². The Morgan fingerprint density at radius 2 is 1.69 bits per heavy atom. The molecular weight excluding hydrogens is 464 g/mol. The molecule has 3 aliphatic rings. The van der Waals surface area contributed by atoms with Gasteiger partial charge in [0.25, 0.3) is 5.91 Å². The summed E-state index contributed by atoms with van der Waals surface area (Å²) < 4.78 is 27.6. The van der Waals surface area contributed by atoms with Crippen molar-refractivity contribution in [3.63, 3.8) is 0 Å². The Morgan fingerprint density at radius 1 is 1.09 bits per heavy atom. The third-order valence-corrected chi connectivity index (χ3v) is 6.11. The molecule has 3 rings (SSSR count). The van der Waals surface area contributed by atoms with Crippen LogP contribution in [0.25, 0.3) is 0 Å². The smallest absolute Gasteiger partial charge is 0.417 e. The highest BCUT2D eigenvalue weighted by Crippen LogP contribution is 2.46. The van der Waals surface area contributed by atoms with E-state index < -0.39 is 71.3 Å². The van der Waals surface area contributed by atoms with Gasteiger partial charge in [-0.15, -0.1) is 0 Å². The number of hydrogen-bond acceptors (Lipinski definition) is 10. The maximum absolute atomic E-state index is 13.6. The van der Waals surface area contributed by atoms with Crippen molar-refractivity contribution in [1.29, 1.82) is 0 Å². The topological polar surface area (TPSA) is 141 Å². The summed E-state index contributed by atoms with van der Waals surface area (Å²) in [7, 11) is 2.63. The molecule has 3 aliphatic heterocycles. The van der Waals surface area contributed by atoms with Gasteiger partial charge in [-0.1, -0.05) is 0 Å². The van der Waals surface area contributed by atoms with E-state index in [0.29, 0.717) is 0 Å². The molecule has 0 bridgehead atoms. The summed E-state index contributed by atoms with van der Waals surface area (Å²) in [6, 6.07) is -2.14. The summed E-state index contributed by atoms with van der Waals surface area (Å²) in [6.45, 7) is 9.99. The molecule has 12 heteroatoms. The lowest BCUT2D eigenvalue weighted by Crippen LogP contribution is -2.60. The van der Waals surface area contributed by atoms with Gasteiger partial charge in [0.15, 0.2) is 5.60 Å². The molecule has 3 heterocycles. The Bertz CT molecular complexity index is 879. The Kier molecular flexibility index (Phi) is 7.15. The van der Waals surface area contributed by atoms with Crippen LogP contribution in [0.5, 0.6) is 0 Å². The third kappa shape index (κ3) is 5.39. The van der Waals surface area contributed by atoms with Gasteiger partial charge in [-0.25, -0.2) is 19.3 Å². The largest absolute Gasteiger partial charge is 0.467 e. The van der Waals surface area contributed by atoms with Crippen molar-refractivity contribution in [1.82, 2.24) is 9.80 Å². The second-order valence-corrected chi connectivity index (χ2v) is 11.2. The average Bonchev–Trinajstić information content (AvgIpc) is 3.21. The van der Waals surface area contributed by atoms with Crippen molar-refractivity contribution >= 4 is 24.1 Å². The number of carbonyl (C=O) groups excluding carboxylic acids is 4. The zero-order chi connectivity index (χ0) is 26.5. The minimum absolute atomic E-state index is 0.0225. The Hall–Kier alpha value is -2.44. The van der Waals surface area contributed by atoms with Gasteiger partial charge in [0, 0.05) is 19.9 Å². The number of likely N-dealkylation sites (tertiary alicyclic amines) is 1. The van der Waals surface area contributed by atoms with E-state index in [1.807, 2.05) is 0 Å². The standard InChI is InChI=1S/C23H36N2O10/c1-21(2,3)34-19(29)24(7)15-13(26)11-32-14-10-23(33-16(14)15)9-12(17(27)31-8)25(18(23)28)20(30)35-22(4,5)6/h12-16,26H,9-11H2,1-8H3/t12-,13+,14+,15+,16-,23+/m0/s1. The Labute approximate surface area is 204 Å². The highest BCUT2D eigenvalue weighted by molar-refractivity contribution is 6.04. The molecule has 1 N–H and O–H groups in total. The lowest BCUT2D eigenvalue weighted by atomic mass is 9.91. The minimum atomic E-state index is -1.60. The van der Waals surface area contributed by atoms with E-state index in [0.717, 1.165) is 12.0 Å². The number of likely N-dealkylation sites (N-methyl/N-ethyl adjacent to an activating group) is 1. The lowest BCUT2D eigenvalue weighted by molar-refractivity contribution is -0.169. The molecule has 35 heavy (non-hydrogen) atoms. The van der Waals surface area contributed by atoms with E-state index in [1.165, 1.54) is 11.9 Å². The summed E-state index contributed by atoms with van der Waals surface area (Å²) in [4.78, 5) is 53.7. The predicted octanol–water partition coefficient (Wildman–Crippen LogP) is 1.22. The van der Waals surface area contributed by atoms with Gasteiger partial charge >= 0.3 is 18.2 Å². The maximum atomic E-state index is 13.6. The Balaban J connectivity index is 1.90. The molecule has 1 spiro atoms. The van der Waals surface area contributed by atoms with Crippen LogP contribution in [0.3, 0.4) is 0 Å². The minimum Gasteiger partial charge on any atom is -0.467 e. The average molecular weight is 501 g/mol. The van der Waals surface area contributed by atoms with Crippen LogP contribution in [0.2, 0.25) is 0 Å². The van der Waals surface area contributed by atoms with E-state index in [1.54, 1.807) is 41.5 Å². The third-order valence-electron chi connectivity index (χ3n) is 6.11. The van der Waals surface area contributed by atoms with Crippen molar-refractivity contribution in [2.75, 3.05) is 20.8 Å². The number of esters is 1. The molecule has 0 radical (unpaired) electrons. The fourth-order valence-corrected chi connectivity index (χ4v) is 4.71. The van der Waals surface area contributed by atoms with Gasteiger partial charge in [0.2, 0.25) is 0 Å². The summed E-state index contributed by atoms with van der Waals surface area (Å²) in [6.07, 6.45) is -4.50. The monoisotopic (exact) mass is 500 g/mol. The van der Waals surface area contributed by atoms with E-state index in [-0.39, 0.29) is 19.4 Å². The number of imide groups is 1. The molecule has 0 aliphatic carbocycles. The van der Waals surface area contributed by atoms with Crippen LogP contribution < -0.4 is 0 Å². The summed E-state index contributed by atoms with van der Waals surface area (Å²) >= 11 is 0. The first-order valence-electron chi connectivity index (χ1n) is 11.6. The van der Waals surface area contributed by atoms with Crippen molar-refractivity contribution in [2.45, 2.75) is 102 Å². The summed E-state index contributed by atoms with van der Waals surface area (Å²) in [5, 5.41) is 10.7. The van der Waals surface area contributed by atoms with Crippen LogP contribution in [0.1, 0.15) is 54.4 Å². The van der Waals surface area contributed by atoms with Gasteiger partial charge in [-0.05, 0) is 41.5 Å². The first kappa shape index (κ1) is 27.2. The maximum Gasteiger partial charge on any atom is 0.417 e. The van der Waals surface area contributed by atoms with E-state index in [4.69, 9.17) is 23.7 Å². The second-order valence-electron chi connectivity index (χ2n) is 11.2. The molecule has 3 amide bonds. The molecule has 3 saturated heterocycles. The molecule has 0 aromatic rings. The number of ether oxygens (including phenoxy) is 5. The number of aliphatic hydroxyl groups excluding tert-OH is 1. The highest BCUT2D eigenvalue weighted by Gasteiger charge is 2.66. The number of hydrogen-bond donors (Lipinski definition) is 1. The number of rotatable bonds is 2. The molecule has 0 aromatic heterocycles. The van der Waals surface area contributed by atoms with Crippen LogP contribution >= 0.6 is 0 Å². The van der Waals surface area contributed by atoms with Crippen LogP contribution in [-0.4, -0.2) is 107 Å². The molecule has 6 atom stereocenters. The number of methoxy groups -OCH3 is 1. The van der Waals surface area contributed by atoms with Crippen LogP contribution in [-0.2, 0) is 33.3 Å². The first-order chi connectivity index (χ1) is 16.0. The molecule has 12 nitrogen and oxygen atoms in total. The van der Waals surface area contributed by atoms with Gasteiger partial charge in [-0.2, -0.15) is 0 Å². The van der Waals surface area contributed by atoms with E-state index in [2.05, 4.69) is 0 Å². The highest BCUT2D eigenvalue weighted by atomic mass is 16.6. The lowest BCUT2D eigenvalue weighted by Gasteiger charge is -2.41. The fourth-order valence-electron chi connectivity index (χ4n) is 4.71. The van der Waals surface area contributed by atoms with Crippen molar-refractivity contribution < 1.29 is 48.0 Å². The second kappa shape index (κ2) is 9.21. The SMILES string of the molecule is COC(=O)[C@@H]1C[C@@]2(C[C@H]3OC[C@@H](O)[C@@H](N(C)C(=O)OC(C)(C)C)[C@H]3O2)C(=O)N1C(=O)OC(C)(C)C. The van der Waals surface area contributed by atoms with E-state index in [9.17, 15) is 24.3 Å².